The lowest BCUT2D eigenvalue weighted by Gasteiger charge is -2.55. The van der Waals surface area contributed by atoms with Crippen LogP contribution in [0, 0.1) is 47.3 Å². The van der Waals surface area contributed by atoms with Gasteiger partial charge in [0.25, 0.3) is 0 Å². The van der Waals surface area contributed by atoms with Crippen molar-refractivity contribution >= 4 is 7.60 Å². The highest BCUT2D eigenvalue weighted by atomic mass is 31.2. The third-order valence-electron chi connectivity index (χ3n) is 8.91. The molecule has 0 aromatic carbocycles. The number of hydrogen-bond acceptors (Lipinski definition) is 3. The first-order chi connectivity index (χ1) is 12.0. The molecule has 0 amide bonds. The van der Waals surface area contributed by atoms with Crippen LogP contribution in [0.4, 0.5) is 0 Å². The van der Waals surface area contributed by atoms with Crippen molar-refractivity contribution in [2.45, 2.75) is 76.4 Å². The first-order valence-electron chi connectivity index (χ1n) is 11.0. The molecule has 0 aromatic heterocycles. The van der Waals surface area contributed by atoms with Gasteiger partial charge in [-0.2, -0.15) is 0 Å². The van der Waals surface area contributed by atoms with E-state index < -0.39 is 7.60 Å². The SMILES string of the molecule is CP(=O)(OC1C2CC3CC(C2)CC1C3)OC1C2CC3CC(C2)CC1C3. The predicted molar refractivity (Wildman–Crippen MR) is 97.4 cm³/mol. The second-order valence-electron chi connectivity index (χ2n) is 10.8. The molecule has 0 atom stereocenters. The summed E-state index contributed by atoms with van der Waals surface area (Å²) in [6.07, 6.45) is 13.9. The molecule has 25 heavy (non-hydrogen) atoms. The van der Waals surface area contributed by atoms with Crippen LogP contribution in [0.3, 0.4) is 0 Å². The van der Waals surface area contributed by atoms with Crippen LogP contribution in [0.15, 0.2) is 0 Å². The molecule has 3 nitrogen and oxygen atoms in total. The minimum absolute atomic E-state index is 0.223. The van der Waals surface area contributed by atoms with Crippen molar-refractivity contribution in [3.63, 3.8) is 0 Å². The third kappa shape index (κ3) is 2.71. The molecule has 8 fully saturated rings. The number of hydrogen-bond donors (Lipinski definition) is 0. The van der Waals surface area contributed by atoms with Crippen LogP contribution < -0.4 is 0 Å². The Morgan fingerprint density at radius 2 is 0.840 bits per heavy atom. The highest BCUT2D eigenvalue weighted by Gasteiger charge is 2.53. The van der Waals surface area contributed by atoms with Crippen LogP contribution in [0.1, 0.15) is 64.2 Å². The molecule has 0 N–H and O–H groups in total. The Morgan fingerprint density at radius 1 is 0.560 bits per heavy atom. The molecule has 140 valence electrons. The summed E-state index contributed by atoms with van der Waals surface area (Å²) in [6.45, 7) is 1.78. The van der Waals surface area contributed by atoms with Crippen LogP contribution in [0.25, 0.3) is 0 Å². The first kappa shape index (κ1) is 16.1. The van der Waals surface area contributed by atoms with E-state index in [4.69, 9.17) is 9.05 Å². The van der Waals surface area contributed by atoms with Gasteiger partial charge in [0, 0.05) is 6.66 Å². The van der Waals surface area contributed by atoms with Crippen LogP contribution in [-0.4, -0.2) is 18.9 Å². The monoisotopic (exact) mass is 364 g/mol. The van der Waals surface area contributed by atoms with E-state index >= 15 is 0 Å². The smallest absolute Gasteiger partial charge is 0.305 e. The molecule has 8 rings (SSSR count). The summed E-state index contributed by atoms with van der Waals surface area (Å²) in [5, 5.41) is 0. The van der Waals surface area contributed by atoms with Crippen molar-refractivity contribution in [1.82, 2.24) is 0 Å². The summed E-state index contributed by atoms with van der Waals surface area (Å²) >= 11 is 0. The first-order valence-corrected chi connectivity index (χ1v) is 13.0. The van der Waals surface area contributed by atoms with Gasteiger partial charge in [-0.1, -0.05) is 0 Å². The van der Waals surface area contributed by atoms with Crippen LogP contribution in [0.2, 0.25) is 0 Å². The molecule has 8 saturated carbocycles. The van der Waals surface area contributed by atoms with Gasteiger partial charge in [0.2, 0.25) is 0 Å². The van der Waals surface area contributed by atoms with Gasteiger partial charge in [-0.3, -0.25) is 4.57 Å². The Labute approximate surface area is 152 Å². The average molecular weight is 364 g/mol. The molecule has 0 aliphatic heterocycles. The predicted octanol–water partition coefficient (Wildman–Crippen LogP) is 5.49. The Kier molecular flexibility index (Phi) is 3.60. The van der Waals surface area contributed by atoms with Gasteiger partial charge in [0.1, 0.15) is 0 Å². The minimum atomic E-state index is -2.95. The molecular weight excluding hydrogens is 331 g/mol. The zero-order valence-corrected chi connectivity index (χ0v) is 16.4. The highest BCUT2D eigenvalue weighted by Crippen LogP contribution is 2.62. The average Bonchev–Trinajstić information content (AvgIpc) is 2.53. The second kappa shape index (κ2) is 5.58. The molecule has 0 heterocycles. The minimum Gasteiger partial charge on any atom is -0.305 e. The fraction of sp³-hybridized carbons (Fsp3) is 1.00. The van der Waals surface area contributed by atoms with E-state index in [1.54, 1.807) is 6.66 Å². The van der Waals surface area contributed by atoms with Crippen LogP contribution in [0.5, 0.6) is 0 Å². The lowest BCUT2D eigenvalue weighted by Crippen LogP contribution is -2.50. The molecule has 0 spiro atoms. The zero-order valence-electron chi connectivity index (χ0n) is 15.5. The van der Waals surface area contributed by atoms with Crippen molar-refractivity contribution in [2.75, 3.05) is 6.66 Å². The maximum Gasteiger partial charge on any atom is 0.328 e. The van der Waals surface area contributed by atoms with Crippen molar-refractivity contribution in [3.05, 3.63) is 0 Å². The van der Waals surface area contributed by atoms with Crippen molar-refractivity contribution in [2.24, 2.45) is 47.3 Å². The largest absolute Gasteiger partial charge is 0.328 e. The van der Waals surface area contributed by atoms with Gasteiger partial charge in [0.05, 0.1) is 12.2 Å². The molecule has 0 aromatic rings. The summed E-state index contributed by atoms with van der Waals surface area (Å²) < 4.78 is 26.1. The molecule has 0 unspecified atom stereocenters. The molecular formula is C21H33O3P. The second-order valence-corrected chi connectivity index (χ2v) is 12.7. The number of rotatable bonds is 4. The van der Waals surface area contributed by atoms with Gasteiger partial charge in [0.15, 0.2) is 0 Å². The summed E-state index contributed by atoms with van der Waals surface area (Å²) in [7, 11) is -2.95. The van der Waals surface area contributed by atoms with Gasteiger partial charge in [-0.25, -0.2) is 0 Å². The quantitative estimate of drug-likeness (QED) is 0.619. The molecule has 0 radical (unpaired) electrons. The Hall–Kier alpha value is 0.150. The highest BCUT2D eigenvalue weighted by molar-refractivity contribution is 7.53. The molecule has 4 heteroatoms. The summed E-state index contributed by atoms with van der Waals surface area (Å²) in [4.78, 5) is 0. The Morgan fingerprint density at radius 3 is 1.12 bits per heavy atom. The maximum atomic E-state index is 13.4. The van der Waals surface area contributed by atoms with E-state index in [1.807, 2.05) is 0 Å². The van der Waals surface area contributed by atoms with Crippen LogP contribution >= 0.6 is 7.60 Å². The third-order valence-corrected chi connectivity index (χ3v) is 10.2. The van der Waals surface area contributed by atoms with E-state index in [-0.39, 0.29) is 12.2 Å². The van der Waals surface area contributed by atoms with Gasteiger partial charge < -0.3 is 9.05 Å². The zero-order chi connectivity index (χ0) is 16.8. The standard InChI is InChI=1S/C21H33O3P/c1-25(22,23-20-16-4-12-2-13(6-16)7-17(20)5-12)24-21-18-8-14-3-15(10-18)11-19(21)9-14/h12-21H,2-11H2,1H3. The van der Waals surface area contributed by atoms with E-state index in [0.717, 1.165) is 23.7 Å². The molecule has 8 aliphatic carbocycles. The van der Waals surface area contributed by atoms with Gasteiger partial charge in [-0.05, 0) is 112 Å². The van der Waals surface area contributed by atoms with Gasteiger partial charge >= 0.3 is 7.60 Å². The fourth-order valence-electron chi connectivity index (χ4n) is 8.56. The molecule has 8 aliphatic rings. The van der Waals surface area contributed by atoms with Crippen molar-refractivity contribution < 1.29 is 13.6 Å². The lowest BCUT2D eigenvalue weighted by molar-refractivity contribution is -0.106. The molecule has 8 bridgehead atoms. The fourth-order valence-corrected chi connectivity index (χ4v) is 10.2. The van der Waals surface area contributed by atoms with E-state index in [9.17, 15) is 4.57 Å². The van der Waals surface area contributed by atoms with Crippen molar-refractivity contribution in [1.29, 1.82) is 0 Å². The van der Waals surface area contributed by atoms with E-state index in [1.165, 1.54) is 64.2 Å². The molecule has 0 saturated heterocycles. The van der Waals surface area contributed by atoms with Crippen LogP contribution in [-0.2, 0) is 13.6 Å². The topological polar surface area (TPSA) is 35.5 Å². The van der Waals surface area contributed by atoms with E-state index in [2.05, 4.69) is 0 Å². The summed E-state index contributed by atoms with van der Waals surface area (Å²) in [5.41, 5.74) is 0. The normalized spacial score (nSPS) is 57.8. The van der Waals surface area contributed by atoms with Crippen molar-refractivity contribution in [3.8, 4) is 0 Å². The van der Waals surface area contributed by atoms with E-state index in [0.29, 0.717) is 23.7 Å². The summed E-state index contributed by atoms with van der Waals surface area (Å²) in [6, 6.07) is 0. The van der Waals surface area contributed by atoms with Gasteiger partial charge in [-0.15, -0.1) is 0 Å². The lowest BCUT2D eigenvalue weighted by atomic mass is 9.55. The Bertz CT molecular complexity index is 498. The summed E-state index contributed by atoms with van der Waals surface area (Å²) in [5.74, 6) is 6.37. The Balaban J connectivity index is 1.16. The maximum absolute atomic E-state index is 13.4.